The van der Waals surface area contributed by atoms with E-state index < -0.39 is 6.04 Å². The van der Waals surface area contributed by atoms with Crippen molar-refractivity contribution in [2.75, 3.05) is 6.54 Å². The average Bonchev–Trinajstić information content (AvgIpc) is 2.70. The van der Waals surface area contributed by atoms with Gasteiger partial charge in [-0.05, 0) is 38.8 Å². The van der Waals surface area contributed by atoms with Gasteiger partial charge in [0, 0.05) is 11.4 Å². The van der Waals surface area contributed by atoms with Gasteiger partial charge in [0.05, 0.1) is 4.88 Å². The topological polar surface area (TPSA) is 58.2 Å². The monoisotopic (exact) mass is 268 g/mol. The van der Waals surface area contributed by atoms with E-state index in [-0.39, 0.29) is 11.8 Å². The predicted octanol–water partition coefficient (Wildman–Crippen LogP) is 1.87. The zero-order chi connectivity index (χ0) is 13.7. The van der Waals surface area contributed by atoms with E-state index in [1.807, 2.05) is 19.9 Å². The Morgan fingerprint density at radius 2 is 2.06 bits per heavy atom. The van der Waals surface area contributed by atoms with Crippen LogP contribution in [0.15, 0.2) is 6.07 Å². The van der Waals surface area contributed by atoms with Gasteiger partial charge in [-0.2, -0.15) is 0 Å². The number of rotatable bonds is 5. The van der Waals surface area contributed by atoms with Crippen molar-refractivity contribution in [3.05, 3.63) is 21.4 Å². The van der Waals surface area contributed by atoms with Crippen LogP contribution in [-0.4, -0.2) is 24.4 Å². The lowest BCUT2D eigenvalue weighted by Gasteiger charge is -2.12. The minimum Gasteiger partial charge on any atom is -0.355 e. The van der Waals surface area contributed by atoms with Crippen LogP contribution in [0.4, 0.5) is 0 Å². The number of nitrogens with one attached hydrogen (secondary N) is 2. The van der Waals surface area contributed by atoms with Crippen molar-refractivity contribution in [2.45, 2.75) is 40.2 Å². The molecule has 0 aromatic carbocycles. The Morgan fingerprint density at radius 3 is 2.56 bits per heavy atom. The van der Waals surface area contributed by atoms with Crippen molar-refractivity contribution >= 4 is 23.2 Å². The number of carbonyl (C=O) groups excluding carboxylic acids is 2. The summed E-state index contributed by atoms with van der Waals surface area (Å²) < 4.78 is 0. The van der Waals surface area contributed by atoms with Crippen molar-refractivity contribution in [1.29, 1.82) is 0 Å². The average molecular weight is 268 g/mol. The summed E-state index contributed by atoms with van der Waals surface area (Å²) in [7, 11) is 0. The highest BCUT2D eigenvalue weighted by Gasteiger charge is 2.17. The minimum atomic E-state index is -0.509. The van der Waals surface area contributed by atoms with Crippen molar-refractivity contribution < 1.29 is 9.59 Å². The Bertz CT molecular complexity index is 440. The van der Waals surface area contributed by atoms with Crippen LogP contribution in [0, 0.1) is 6.92 Å². The molecule has 0 aliphatic heterocycles. The molecule has 1 aromatic heterocycles. The normalized spacial score (nSPS) is 12.0. The molecule has 0 spiro atoms. The molecule has 1 aromatic rings. The Balaban J connectivity index is 2.67. The summed E-state index contributed by atoms with van der Waals surface area (Å²) in [4.78, 5) is 25.4. The van der Waals surface area contributed by atoms with Gasteiger partial charge in [0.15, 0.2) is 0 Å². The molecule has 0 fully saturated rings. The highest BCUT2D eigenvalue weighted by Crippen LogP contribution is 2.22. The summed E-state index contributed by atoms with van der Waals surface area (Å²) in [5.74, 6) is -0.337. The van der Waals surface area contributed by atoms with Crippen LogP contribution in [0.5, 0.6) is 0 Å². The molecule has 1 heterocycles. The van der Waals surface area contributed by atoms with Crippen LogP contribution in [0.1, 0.15) is 40.9 Å². The van der Waals surface area contributed by atoms with Crippen LogP contribution < -0.4 is 10.6 Å². The number of hydrogen-bond donors (Lipinski definition) is 2. The van der Waals surface area contributed by atoms with Crippen LogP contribution in [-0.2, 0) is 11.2 Å². The Hall–Kier alpha value is -1.36. The first-order valence-corrected chi connectivity index (χ1v) is 6.99. The highest BCUT2D eigenvalue weighted by atomic mass is 32.1. The molecule has 2 N–H and O–H groups in total. The fraction of sp³-hybridized carbons (Fsp3) is 0.538. The fourth-order valence-electron chi connectivity index (χ4n) is 1.64. The number of thiophene rings is 1. The lowest BCUT2D eigenvalue weighted by atomic mass is 10.2. The summed E-state index contributed by atoms with van der Waals surface area (Å²) in [5.41, 5.74) is 1.14. The number of likely N-dealkylation sites (N-methyl/N-ethyl adjacent to an activating group) is 1. The molecular weight excluding hydrogens is 248 g/mol. The van der Waals surface area contributed by atoms with Crippen LogP contribution in [0.25, 0.3) is 0 Å². The molecule has 1 rings (SSSR count). The molecule has 5 heteroatoms. The molecule has 0 saturated carbocycles. The summed E-state index contributed by atoms with van der Waals surface area (Å²) in [6.07, 6.45) is 0.926. The second-order valence-electron chi connectivity index (χ2n) is 4.16. The quantitative estimate of drug-likeness (QED) is 0.856. The van der Waals surface area contributed by atoms with E-state index in [0.29, 0.717) is 11.4 Å². The number of hydrogen-bond acceptors (Lipinski definition) is 3. The van der Waals surface area contributed by atoms with Gasteiger partial charge in [0.1, 0.15) is 6.04 Å². The van der Waals surface area contributed by atoms with Gasteiger partial charge in [-0.25, -0.2) is 0 Å². The second kappa shape index (κ2) is 6.54. The standard InChI is InChI=1S/C13H20N2O2S/c1-5-10-8(3)7-11(18-10)13(17)15-9(4)12(16)14-6-2/h7,9H,5-6H2,1-4H3,(H,14,16)(H,15,17). The summed E-state index contributed by atoms with van der Waals surface area (Å²) in [6, 6.07) is 1.37. The molecule has 1 atom stereocenters. The Morgan fingerprint density at radius 1 is 1.39 bits per heavy atom. The van der Waals surface area contributed by atoms with Gasteiger partial charge < -0.3 is 10.6 Å². The zero-order valence-electron chi connectivity index (χ0n) is 11.3. The maximum absolute atomic E-state index is 12.0. The van der Waals surface area contributed by atoms with Gasteiger partial charge in [0.25, 0.3) is 5.91 Å². The first-order valence-electron chi connectivity index (χ1n) is 6.17. The molecule has 2 amide bonds. The SMILES string of the molecule is CCNC(=O)C(C)NC(=O)c1cc(C)c(CC)s1. The molecule has 100 valence electrons. The third-order valence-electron chi connectivity index (χ3n) is 2.66. The third-order valence-corrected chi connectivity index (χ3v) is 4.04. The smallest absolute Gasteiger partial charge is 0.262 e. The first kappa shape index (κ1) is 14.7. The largest absolute Gasteiger partial charge is 0.355 e. The van der Waals surface area contributed by atoms with Gasteiger partial charge >= 0.3 is 0 Å². The Kier molecular flexibility index (Phi) is 5.34. The van der Waals surface area contributed by atoms with Gasteiger partial charge in [-0.15, -0.1) is 11.3 Å². The molecule has 1 unspecified atom stereocenters. The van der Waals surface area contributed by atoms with Crippen LogP contribution in [0.3, 0.4) is 0 Å². The van der Waals surface area contributed by atoms with Crippen molar-refractivity contribution in [2.24, 2.45) is 0 Å². The van der Waals surface area contributed by atoms with E-state index in [2.05, 4.69) is 17.6 Å². The van der Waals surface area contributed by atoms with Crippen molar-refractivity contribution in [1.82, 2.24) is 10.6 Å². The second-order valence-corrected chi connectivity index (χ2v) is 5.30. The molecular formula is C13H20N2O2S. The molecule has 4 nitrogen and oxygen atoms in total. The van der Waals surface area contributed by atoms with Gasteiger partial charge in [-0.3, -0.25) is 9.59 Å². The van der Waals surface area contributed by atoms with E-state index in [9.17, 15) is 9.59 Å². The molecule has 0 bridgehead atoms. The van der Waals surface area contributed by atoms with E-state index in [1.54, 1.807) is 6.92 Å². The van der Waals surface area contributed by atoms with Gasteiger partial charge in [-0.1, -0.05) is 6.92 Å². The van der Waals surface area contributed by atoms with E-state index >= 15 is 0 Å². The van der Waals surface area contributed by atoms with Crippen molar-refractivity contribution in [3.63, 3.8) is 0 Å². The van der Waals surface area contributed by atoms with Crippen LogP contribution in [0.2, 0.25) is 0 Å². The summed E-state index contributed by atoms with van der Waals surface area (Å²) in [6.45, 7) is 8.17. The summed E-state index contributed by atoms with van der Waals surface area (Å²) >= 11 is 1.49. The first-order chi connectivity index (χ1) is 8.49. The maximum Gasteiger partial charge on any atom is 0.262 e. The van der Waals surface area contributed by atoms with Gasteiger partial charge in [0.2, 0.25) is 5.91 Å². The Labute approximate surface area is 112 Å². The number of carbonyl (C=O) groups is 2. The number of aryl methyl sites for hydroxylation is 2. The minimum absolute atomic E-state index is 0.158. The zero-order valence-corrected chi connectivity index (χ0v) is 12.1. The molecule has 0 saturated heterocycles. The molecule has 18 heavy (non-hydrogen) atoms. The lowest BCUT2D eigenvalue weighted by molar-refractivity contribution is -0.122. The van der Waals surface area contributed by atoms with E-state index in [1.165, 1.54) is 16.2 Å². The molecule has 0 aliphatic carbocycles. The molecule has 0 radical (unpaired) electrons. The van der Waals surface area contributed by atoms with E-state index in [0.717, 1.165) is 12.0 Å². The summed E-state index contributed by atoms with van der Waals surface area (Å²) in [5, 5.41) is 5.38. The van der Waals surface area contributed by atoms with Crippen LogP contribution >= 0.6 is 11.3 Å². The van der Waals surface area contributed by atoms with Crippen molar-refractivity contribution in [3.8, 4) is 0 Å². The lowest BCUT2D eigenvalue weighted by Crippen LogP contribution is -2.44. The highest BCUT2D eigenvalue weighted by molar-refractivity contribution is 7.14. The molecule has 0 aliphatic rings. The van der Waals surface area contributed by atoms with E-state index in [4.69, 9.17) is 0 Å². The maximum atomic E-state index is 12.0. The number of amides is 2. The predicted molar refractivity (Wildman–Crippen MR) is 74.0 cm³/mol. The fourth-order valence-corrected chi connectivity index (χ4v) is 2.66. The third kappa shape index (κ3) is 3.57.